The van der Waals surface area contributed by atoms with E-state index in [0.29, 0.717) is 34.8 Å². The van der Waals surface area contributed by atoms with Crippen LogP contribution >= 0.6 is 34.8 Å². The van der Waals surface area contributed by atoms with Crippen LogP contribution in [-0.4, -0.2) is 50.6 Å². The Balaban J connectivity index is 1.52. The van der Waals surface area contributed by atoms with E-state index in [1.807, 2.05) is 13.8 Å². The predicted molar refractivity (Wildman–Crippen MR) is 142 cm³/mol. The van der Waals surface area contributed by atoms with E-state index in [-0.39, 0.29) is 40.4 Å². The fourth-order valence-electron chi connectivity index (χ4n) is 4.24. The monoisotopic (exact) mass is 562 g/mol. The fraction of sp³-hybridized carbons (Fsp3) is 0.308. The van der Waals surface area contributed by atoms with Crippen molar-refractivity contribution in [1.82, 2.24) is 20.4 Å². The number of carboxylic acid groups (broad SMARTS) is 1. The SMILES string of the molecule is CC(C)c1cc(CC(NC(=O)c2c(Cl)cc3c(c2Cl)CCN(C(=O)c2ccc(Cl)cc2)C3)C(=O)O)[nH]n1. The van der Waals surface area contributed by atoms with Crippen molar-refractivity contribution in [2.24, 2.45) is 0 Å². The van der Waals surface area contributed by atoms with E-state index < -0.39 is 17.9 Å². The molecule has 4 rings (SSSR count). The van der Waals surface area contributed by atoms with Crippen molar-refractivity contribution in [3.8, 4) is 0 Å². The number of aromatic nitrogens is 2. The molecule has 0 radical (unpaired) electrons. The van der Waals surface area contributed by atoms with Crippen LogP contribution in [-0.2, 0) is 24.2 Å². The highest BCUT2D eigenvalue weighted by atomic mass is 35.5. The molecule has 37 heavy (non-hydrogen) atoms. The van der Waals surface area contributed by atoms with Gasteiger partial charge < -0.3 is 15.3 Å². The first-order valence-electron chi connectivity index (χ1n) is 11.7. The van der Waals surface area contributed by atoms with Crippen molar-refractivity contribution in [3.05, 3.63) is 85.1 Å². The number of nitrogens with zero attached hydrogens (tertiary/aromatic N) is 2. The van der Waals surface area contributed by atoms with Crippen LogP contribution in [0, 0.1) is 0 Å². The Morgan fingerprint density at radius 2 is 1.84 bits per heavy atom. The molecule has 11 heteroatoms. The first-order valence-corrected chi connectivity index (χ1v) is 12.8. The minimum atomic E-state index is -1.22. The highest BCUT2D eigenvalue weighted by Gasteiger charge is 2.30. The van der Waals surface area contributed by atoms with Crippen LogP contribution in [0.1, 0.15) is 63.0 Å². The van der Waals surface area contributed by atoms with Gasteiger partial charge in [0.15, 0.2) is 0 Å². The average Bonchev–Trinajstić information content (AvgIpc) is 3.32. The van der Waals surface area contributed by atoms with Crippen LogP contribution < -0.4 is 5.32 Å². The number of hydrogen-bond donors (Lipinski definition) is 3. The summed E-state index contributed by atoms with van der Waals surface area (Å²) < 4.78 is 0. The number of carboxylic acids is 1. The lowest BCUT2D eigenvalue weighted by Crippen LogP contribution is -2.43. The lowest BCUT2D eigenvalue weighted by molar-refractivity contribution is -0.139. The first kappa shape index (κ1) is 27.0. The van der Waals surface area contributed by atoms with E-state index in [2.05, 4.69) is 15.5 Å². The Bertz CT molecular complexity index is 1350. The zero-order valence-electron chi connectivity index (χ0n) is 20.1. The summed E-state index contributed by atoms with van der Waals surface area (Å²) in [6.45, 7) is 4.62. The van der Waals surface area contributed by atoms with Crippen molar-refractivity contribution in [1.29, 1.82) is 0 Å². The molecule has 1 atom stereocenters. The maximum atomic E-state index is 13.1. The number of fused-ring (bicyclic) bond motifs is 1. The minimum Gasteiger partial charge on any atom is -0.480 e. The number of amides is 2. The maximum Gasteiger partial charge on any atom is 0.326 e. The summed E-state index contributed by atoms with van der Waals surface area (Å²) in [6.07, 6.45) is 0.433. The summed E-state index contributed by atoms with van der Waals surface area (Å²) in [7, 11) is 0. The number of H-pyrrole nitrogens is 1. The topological polar surface area (TPSA) is 115 Å². The van der Waals surface area contributed by atoms with E-state index in [1.54, 1.807) is 41.3 Å². The largest absolute Gasteiger partial charge is 0.480 e. The van der Waals surface area contributed by atoms with Gasteiger partial charge in [-0.25, -0.2) is 4.79 Å². The molecule has 0 saturated heterocycles. The molecule has 2 amide bonds. The quantitative estimate of drug-likeness (QED) is 0.369. The normalized spacial score (nSPS) is 13.8. The van der Waals surface area contributed by atoms with Gasteiger partial charge in [-0.15, -0.1) is 0 Å². The van der Waals surface area contributed by atoms with Gasteiger partial charge in [-0.3, -0.25) is 14.7 Å². The van der Waals surface area contributed by atoms with Crippen molar-refractivity contribution in [2.45, 2.75) is 45.2 Å². The zero-order chi connectivity index (χ0) is 26.9. The van der Waals surface area contributed by atoms with E-state index >= 15 is 0 Å². The number of halogens is 3. The molecule has 8 nitrogen and oxygen atoms in total. The van der Waals surface area contributed by atoms with Crippen LogP contribution in [0.5, 0.6) is 0 Å². The van der Waals surface area contributed by atoms with Gasteiger partial charge in [0, 0.05) is 35.8 Å². The molecule has 2 aromatic carbocycles. The number of aliphatic carboxylic acids is 1. The van der Waals surface area contributed by atoms with Gasteiger partial charge >= 0.3 is 5.97 Å². The van der Waals surface area contributed by atoms with Crippen molar-refractivity contribution in [2.75, 3.05) is 6.54 Å². The molecule has 1 aliphatic rings. The Hall–Kier alpha value is -3.07. The van der Waals surface area contributed by atoms with Gasteiger partial charge in [0.05, 0.1) is 21.3 Å². The molecule has 0 aliphatic carbocycles. The smallest absolute Gasteiger partial charge is 0.326 e. The maximum absolute atomic E-state index is 13.1. The highest BCUT2D eigenvalue weighted by molar-refractivity contribution is 6.40. The third-order valence-corrected chi connectivity index (χ3v) is 7.25. The molecular formula is C26H25Cl3N4O4. The summed E-state index contributed by atoms with van der Waals surface area (Å²) >= 11 is 19.0. The number of carbonyl (C=O) groups excluding carboxylic acids is 2. The molecule has 194 valence electrons. The molecule has 0 fully saturated rings. The third-order valence-electron chi connectivity index (χ3n) is 6.28. The van der Waals surface area contributed by atoms with Crippen LogP contribution in [0.4, 0.5) is 0 Å². The summed E-state index contributed by atoms with van der Waals surface area (Å²) in [5.41, 5.74) is 3.35. The Morgan fingerprint density at radius 3 is 2.46 bits per heavy atom. The summed E-state index contributed by atoms with van der Waals surface area (Å²) in [4.78, 5) is 39.6. The van der Waals surface area contributed by atoms with Gasteiger partial charge in [-0.1, -0.05) is 48.7 Å². The van der Waals surface area contributed by atoms with Gasteiger partial charge in [-0.05, 0) is 59.9 Å². The van der Waals surface area contributed by atoms with E-state index in [0.717, 1.165) is 11.3 Å². The lowest BCUT2D eigenvalue weighted by atomic mass is 9.95. The third kappa shape index (κ3) is 5.92. The van der Waals surface area contributed by atoms with Gasteiger partial charge in [0.2, 0.25) is 0 Å². The van der Waals surface area contributed by atoms with Crippen LogP contribution in [0.25, 0.3) is 0 Å². The number of aromatic amines is 1. The minimum absolute atomic E-state index is 0.0123. The van der Waals surface area contributed by atoms with Crippen molar-refractivity contribution >= 4 is 52.6 Å². The number of benzene rings is 2. The second-order valence-corrected chi connectivity index (χ2v) is 10.4. The highest BCUT2D eigenvalue weighted by Crippen LogP contribution is 2.35. The van der Waals surface area contributed by atoms with Crippen molar-refractivity contribution < 1.29 is 19.5 Å². The Morgan fingerprint density at radius 1 is 1.14 bits per heavy atom. The number of carbonyl (C=O) groups is 3. The molecule has 0 saturated carbocycles. The van der Waals surface area contributed by atoms with Gasteiger partial charge in [0.1, 0.15) is 6.04 Å². The second-order valence-electron chi connectivity index (χ2n) is 9.21. The van der Waals surface area contributed by atoms with E-state index in [4.69, 9.17) is 34.8 Å². The zero-order valence-corrected chi connectivity index (χ0v) is 22.4. The van der Waals surface area contributed by atoms with Crippen LogP contribution in [0.3, 0.4) is 0 Å². The molecular weight excluding hydrogens is 539 g/mol. The molecule has 1 aromatic heterocycles. The average molecular weight is 564 g/mol. The van der Waals surface area contributed by atoms with Gasteiger partial charge in [-0.2, -0.15) is 5.10 Å². The fourth-order valence-corrected chi connectivity index (χ4v) is 5.13. The summed E-state index contributed by atoms with van der Waals surface area (Å²) in [5.74, 6) is -1.86. The molecule has 3 N–H and O–H groups in total. The van der Waals surface area contributed by atoms with Crippen LogP contribution in [0.2, 0.25) is 15.1 Å². The summed E-state index contributed by atoms with van der Waals surface area (Å²) in [5, 5.41) is 20.0. The predicted octanol–water partition coefficient (Wildman–Crippen LogP) is 5.12. The number of hydrogen-bond acceptors (Lipinski definition) is 4. The van der Waals surface area contributed by atoms with Crippen LogP contribution in [0.15, 0.2) is 36.4 Å². The number of rotatable bonds is 7. The van der Waals surface area contributed by atoms with Gasteiger partial charge in [0.25, 0.3) is 11.8 Å². The first-order chi connectivity index (χ1) is 17.5. The van der Waals surface area contributed by atoms with E-state index in [9.17, 15) is 19.5 Å². The molecule has 0 spiro atoms. The molecule has 1 unspecified atom stereocenters. The summed E-state index contributed by atoms with van der Waals surface area (Å²) in [6, 6.07) is 8.82. The van der Waals surface area contributed by atoms with E-state index in [1.165, 1.54) is 0 Å². The lowest BCUT2D eigenvalue weighted by Gasteiger charge is -2.30. The molecule has 3 aromatic rings. The molecule has 0 bridgehead atoms. The van der Waals surface area contributed by atoms with Crippen molar-refractivity contribution in [3.63, 3.8) is 0 Å². The second kappa shape index (κ2) is 11.1. The molecule has 2 heterocycles. The Kier molecular flexibility index (Phi) is 8.11. The number of nitrogens with one attached hydrogen (secondary N) is 2. The molecule has 1 aliphatic heterocycles. The Labute approximate surface area is 228 Å². The standard InChI is InChI=1S/C26H25Cl3N4O4/c1-13(2)20-10-17(31-32-20)11-21(26(36)37)30-24(34)22-19(28)9-15-12-33(8-7-18(15)23(22)29)25(35)14-3-5-16(27)6-4-14/h3-6,9-10,13,21H,7-8,11-12H2,1-2H3,(H,30,34)(H,31,32)(H,36,37).